The van der Waals surface area contributed by atoms with Gasteiger partial charge in [-0.05, 0) is 53.0 Å². The van der Waals surface area contributed by atoms with Crippen molar-refractivity contribution in [1.29, 1.82) is 0 Å². The van der Waals surface area contributed by atoms with Crippen molar-refractivity contribution in [2.75, 3.05) is 11.9 Å². The van der Waals surface area contributed by atoms with E-state index < -0.39 is 0 Å². The van der Waals surface area contributed by atoms with Crippen molar-refractivity contribution >= 4 is 34.1 Å². The molecule has 1 aromatic rings. The zero-order chi connectivity index (χ0) is 12.3. The number of nitrogens with two attached hydrogens (primary N) is 1. The van der Waals surface area contributed by atoms with Gasteiger partial charge >= 0.3 is 0 Å². The van der Waals surface area contributed by atoms with Crippen LogP contribution in [0.15, 0.2) is 29.4 Å². The van der Waals surface area contributed by atoms with E-state index in [0.29, 0.717) is 12.3 Å². The predicted octanol–water partition coefficient (Wildman–Crippen LogP) is 2.62. The Hall–Kier alpha value is -0.980. The Kier molecular flexibility index (Phi) is 3.76. The molecule has 1 aromatic carbocycles. The highest BCUT2D eigenvalue weighted by atomic mass is 127. The lowest BCUT2D eigenvalue weighted by atomic mass is 10.0. The zero-order valence-corrected chi connectivity index (χ0v) is 11.6. The molecule has 5 heteroatoms. The number of nitrogens with zero attached hydrogens (tertiary/aromatic N) is 1. The molecule has 1 aliphatic rings. The lowest BCUT2D eigenvalue weighted by Crippen LogP contribution is -2.23. The third-order valence-electron chi connectivity index (χ3n) is 3.17. The van der Waals surface area contributed by atoms with Crippen molar-refractivity contribution in [2.24, 2.45) is 16.3 Å². The molecule has 0 bridgehead atoms. The van der Waals surface area contributed by atoms with Crippen LogP contribution in [-0.2, 0) is 0 Å². The van der Waals surface area contributed by atoms with Gasteiger partial charge in [-0.1, -0.05) is 17.3 Å². The van der Waals surface area contributed by atoms with E-state index in [1.165, 1.54) is 3.57 Å². The summed E-state index contributed by atoms with van der Waals surface area (Å²) >= 11 is 2.31. The van der Waals surface area contributed by atoms with Crippen LogP contribution in [0.3, 0.4) is 0 Å². The summed E-state index contributed by atoms with van der Waals surface area (Å²) in [5, 5.41) is 15.1. The van der Waals surface area contributed by atoms with Gasteiger partial charge < -0.3 is 16.3 Å². The molecule has 0 radical (unpaired) electrons. The van der Waals surface area contributed by atoms with E-state index >= 15 is 0 Å². The Balaban J connectivity index is 1.92. The van der Waals surface area contributed by atoms with Crippen molar-refractivity contribution in [1.82, 2.24) is 0 Å². The molecule has 1 aliphatic carbocycles. The molecule has 4 N–H and O–H groups in total. The first-order chi connectivity index (χ1) is 8.15. The van der Waals surface area contributed by atoms with Gasteiger partial charge in [0.2, 0.25) is 0 Å². The second kappa shape index (κ2) is 5.12. The second-order valence-corrected chi connectivity index (χ2v) is 5.76. The summed E-state index contributed by atoms with van der Waals surface area (Å²) < 4.78 is 1.21. The fourth-order valence-electron chi connectivity index (χ4n) is 1.90. The Morgan fingerprint density at radius 2 is 2.18 bits per heavy atom. The van der Waals surface area contributed by atoms with Gasteiger partial charge in [0.15, 0.2) is 0 Å². The molecule has 92 valence electrons. The number of oxime groups is 1. The molecule has 0 aliphatic heterocycles. The highest BCUT2D eigenvalue weighted by Gasteiger charge is 2.43. The van der Waals surface area contributed by atoms with Gasteiger partial charge in [-0.25, -0.2) is 0 Å². The summed E-state index contributed by atoms with van der Waals surface area (Å²) in [6.45, 7) is 0.878. The molecule has 17 heavy (non-hydrogen) atoms. The normalized spacial score (nSPS) is 17.8. The van der Waals surface area contributed by atoms with Gasteiger partial charge in [-0.3, -0.25) is 0 Å². The highest BCUT2D eigenvalue weighted by Crippen LogP contribution is 2.48. The smallest absolute Gasteiger partial charge is 0.139 e. The Morgan fingerprint density at radius 1 is 1.47 bits per heavy atom. The van der Waals surface area contributed by atoms with Crippen LogP contribution >= 0.6 is 22.6 Å². The Labute approximate surface area is 114 Å². The van der Waals surface area contributed by atoms with E-state index in [-0.39, 0.29) is 5.41 Å². The summed E-state index contributed by atoms with van der Waals surface area (Å²) in [7, 11) is 0. The number of hydrogen-bond donors (Lipinski definition) is 3. The number of para-hydroxylation sites is 1. The average Bonchev–Trinajstić information content (AvgIpc) is 3.08. The first-order valence-electron chi connectivity index (χ1n) is 5.60. The minimum absolute atomic E-state index is 0.190. The topological polar surface area (TPSA) is 70.6 Å². The van der Waals surface area contributed by atoms with Crippen LogP contribution < -0.4 is 11.1 Å². The molecular formula is C12H16IN3O. The number of halogens is 1. The quantitative estimate of drug-likeness (QED) is 0.253. The van der Waals surface area contributed by atoms with E-state index in [2.05, 4.69) is 45.2 Å². The summed E-state index contributed by atoms with van der Waals surface area (Å²) in [6, 6.07) is 8.19. The molecular weight excluding hydrogens is 329 g/mol. The molecule has 0 saturated heterocycles. The van der Waals surface area contributed by atoms with E-state index in [4.69, 9.17) is 10.9 Å². The molecule has 1 fully saturated rings. The van der Waals surface area contributed by atoms with Crippen LogP contribution in [0.4, 0.5) is 5.69 Å². The molecule has 1 saturated carbocycles. The molecule has 0 spiro atoms. The van der Waals surface area contributed by atoms with E-state index in [0.717, 1.165) is 25.1 Å². The SMILES string of the molecule is NC(CC1(CNc2ccccc2I)CC1)=NO. The summed E-state index contributed by atoms with van der Waals surface area (Å²) in [6.07, 6.45) is 2.94. The number of hydrogen-bond acceptors (Lipinski definition) is 3. The third kappa shape index (κ3) is 3.24. The van der Waals surface area contributed by atoms with Crippen LogP contribution in [0.5, 0.6) is 0 Å². The van der Waals surface area contributed by atoms with E-state index in [1.807, 2.05) is 12.1 Å². The maximum atomic E-state index is 8.60. The lowest BCUT2D eigenvalue weighted by Gasteiger charge is -2.16. The minimum Gasteiger partial charge on any atom is -0.409 e. The van der Waals surface area contributed by atoms with Crippen molar-refractivity contribution < 1.29 is 5.21 Å². The van der Waals surface area contributed by atoms with Crippen LogP contribution in [0.2, 0.25) is 0 Å². The Morgan fingerprint density at radius 3 is 2.76 bits per heavy atom. The van der Waals surface area contributed by atoms with Gasteiger partial charge in [0.05, 0.1) is 0 Å². The van der Waals surface area contributed by atoms with Crippen LogP contribution in [-0.4, -0.2) is 17.6 Å². The number of nitrogens with one attached hydrogen (secondary N) is 1. The van der Waals surface area contributed by atoms with Crippen LogP contribution in [0, 0.1) is 8.99 Å². The van der Waals surface area contributed by atoms with Crippen molar-refractivity contribution in [3.8, 4) is 0 Å². The van der Waals surface area contributed by atoms with Gasteiger partial charge in [0.1, 0.15) is 5.84 Å². The molecule has 0 atom stereocenters. The van der Waals surface area contributed by atoms with Gasteiger partial charge in [0, 0.05) is 22.2 Å². The zero-order valence-electron chi connectivity index (χ0n) is 9.49. The fraction of sp³-hybridized carbons (Fsp3) is 0.417. The first-order valence-corrected chi connectivity index (χ1v) is 6.68. The molecule has 4 nitrogen and oxygen atoms in total. The largest absolute Gasteiger partial charge is 0.409 e. The van der Waals surface area contributed by atoms with Crippen LogP contribution in [0.1, 0.15) is 19.3 Å². The number of rotatable bonds is 5. The third-order valence-corrected chi connectivity index (χ3v) is 4.11. The van der Waals surface area contributed by atoms with Gasteiger partial charge in [-0.15, -0.1) is 0 Å². The lowest BCUT2D eigenvalue weighted by molar-refractivity contribution is 0.315. The molecule has 0 unspecified atom stereocenters. The maximum Gasteiger partial charge on any atom is 0.139 e. The van der Waals surface area contributed by atoms with E-state index in [9.17, 15) is 0 Å². The first kappa shape index (κ1) is 12.5. The fourth-order valence-corrected chi connectivity index (χ4v) is 2.48. The number of benzene rings is 1. The Bertz CT molecular complexity index is 430. The number of amidine groups is 1. The van der Waals surface area contributed by atoms with Crippen LogP contribution in [0.25, 0.3) is 0 Å². The monoisotopic (exact) mass is 345 g/mol. The van der Waals surface area contributed by atoms with Crippen molar-refractivity contribution in [3.05, 3.63) is 27.8 Å². The van der Waals surface area contributed by atoms with Crippen molar-refractivity contribution in [2.45, 2.75) is 19.3 Å². The predicted molar refractivity (Wildman–Crippen MR) is 77.3 cm³/mol. The number of anilines is 1. The molecule has 0 heterocycles. The second-order valence-electron chi connectivity index (χ2n) is 4.60. The summed E-state index contributed by atoms with van der Waals surface area (Å²) in [4.78, 5) is 0. The average molecular weight is 345 g/mol. The standard InChI is InChI=1S/C12H16IN3O/c13-9-3-1-2-4-10(9)15-8-12(5-6-12)7-11(14)16-17/h1-4,15,17H,5-8H2,(H2,14,16). The van der Waals surface area contributed by atoms with Gasteiger partial charge in [-0.2, -0.15) is 0 Å². The maximum absolute atomic E-state index is 8.60. The molecule has 2 rings (SSSR count). The molecule has 0 aromatic heterocycles. The minimum atomic E-state index is 0.190. The summed E-state index contributed by atoms with van der Waals surface area (Å²) in [5.74, 6) is 0.326. The highest BCUT2D eigenvalue weighted by molar-refractivity contribution is 14.1. The summed E-state index contributed by atoms with van der Waals surface area (Å²) in [5.41, 5.74) is 6.91. The molecule has 0 amide bonds. The van der Waals surface area contributed by atoms with Crippen molar-refractivity contribution in [3.63, 3.8) is 0 Å². The van der Waals surface area contributed by atoms with Gasteiger partial charge in [0.25, 0.3) is 0 Å². The van der Waals surface area contributed by atoms with E-state index in [1.54, 1.807) is 0 Å².